The fourth-order valence-electron chi connectivity index (χ4n) is 1.74. The van der Waals surface area contributed by atoms with Crippen LogP contribution in [0.3, 0.4) is 0 Å². The molecule has 3 heteroatoms. The van der Waals surface area contributed by atoms with Gasteiger partial charge in [0.2, 0.25) is 0 Å². The summed E-state index contributed by atoms with van der Waals surface area (Å²) in [6, 6.07) is 0.836. The molecule has 1 saturated carbocycles. The summed E-state index contributed by atoms with van der Waals surface area (Å²) in [7, 11) is 0. The maximum atomic E-state index is 5.58. The molecule has 1 rings (SSSR count). The van der Waals surface area contributed by atoms with Crippen LogP contribution in [0.15, 0.2) is 0 Å². The van der Waals surface area contributed by atoms with E-state index in [1.165, 1.54) is 19.3 Å². The van der Waals surface area contributed by atoms with Crippen LogP contribution in [-0.4, -0.2) is 42.1 Å². The van der Waals surface area contributed by atoms with Gasteiger partial charge in [0.05, 0.1) is 12.7 Å². The predicted octanol–water partition coefficient (Wildman–Crippen LogP) is 2.66. The third kappa shape index (κ3) is 4.28. The minimum atomic E-state index is 0.363. The molecular weight excluding hydrogens is 242 g/mol. The van der Waals surface area contributed by atoms with E-state index in [1.807, 2.05) is 0 Å². The second-order valence-corrected chi connectivity index (χ2v) is 5.02. The molecule has 1 aliphatic carbocycles. The fourth-order valence-corrected chi connectivity index (χ4v) is 2.20. The van der Waals surface area contributed by atoms with Crippen molar-refractivity contribution in [3.63, 3.8) is 0 Å². The Morgan fingerprint density at radius 2 is 2.07 bits per heavy atom. The molecule has 1 fully saturated rings. The average Bonchev–Trinajstić information content (AvgIpc) is 2.00. The highest BCUT2D eigenvalue weighted by Crippen LogP contribution is 2.24. The van der Waals surface area contributed by atoms with Gasteiger partial charge in [0.15, 0.2) is 0 Å². The van der Waals surface area contributed by atoms with Gasteiger partial charge >= 0.3 is 0 Å². The van der Waals surface area contributed by atoms with E-state index in [4.69, 9.17) is 4.74 Å². The van der Waals surface area contributed by atoms with Gasteiger partial charge in [-0.1, -0.05) is 22.4 Å². The average molecular weight is 264 g/mol. The van der Waals surface area contributed by atoms with Crippen molar-refractivity contribution >= 4 is 15.9 Å². The number of ether oxygens (including phenoxy) is 1. The molecule has 0 radical (unpaired) electrons. The largest absolute Gasteiger partial charge is 0.377 e. The predicted molar refractivity (Wildman–Crippen MR) is 64.1 cm³/mol. The van der Waals surface area contributed by atoms with Crippen molar-refractivity contribution in [1.82, 2.24) is 4.90 Å². The second-order valence-electron chi connectivity index (χ2n) is 4.23. The van der Waals surface area contributed by atoms with Gasteiger partial charge in [-0.15, -0.1) is 0 Å². The summed E-state index contributed by atoms with van der Waals surface area (Å²) < 4.78 is 5.58. The van der Waals surface area contributed by atoms with Gasteiger partial charge in [-0.3, -0.25) is 4.90 Å². The lowest BCUT2D eigenvalue weighted by Crippen LogP contribution is -2.43. The first-order chi connectivity index (χ1) is 6.74. The lowest BCUT2D eigenvalue weighted by atomic mass is 9.91. The maximum absolute atomic E-state index is 5.58. The molecule has 1 aliphatic rings. The number of nitrogens with zero attached hydrogens (tertiary/aromatic N) is 1. The molecular formula is C11H22BrNO. The van der Waals surface area contributed by atoms with Crippen LogP contribution in [0.4, 0.5) is 0 Å². The van der Waals surface area contributed by atoms with E-state index < -0.39 is 0 Å². The van der Waals surface area contributed by atoms with Crippen molar-refractivity contribution in [2.24, 2.45) is 0 Å². The SMILES string of the molecule is CC(C)OCCN(CCBr)C1CCC1. The Morgan fingerprint density at radius 1 is 1.36 bits per heavy atom. The lowest BCUT2D eigenvalue weighted by Gasteiger charge is -2.37. The molecule has 0 bridgehead atoms. The molecule has 0 spiro atoms. The van der Waals surface area contributed by atoms with E-state index in [2.05, 4.69) is 34.7 Å². The van der Waals surface area contributed by atoms with Gasteiger partial charge < -0.3 is 4.74 Å². The number of hydrogen-bond acceptors (Lipinski definition) is 2. The Morgan fingerprint density at radius 3 is 2.50 bits per heavy atom. The van der Waals surface area contributed by atoms with Gasteiger partial charge in [0.1, 0.15) is 0 Å². The van der Waals surface area contributed by atoms with Crippen LogP contribution in [0.5, 0.6) is 0 Å². The zero-order valence-corrected chi connectivity index (χ0v) is 10.9. The number of halogens is 1. The summed E-state index contributed by atoms with van der Waals surface area (Å²) in [6.45, 7) is 7.32. The van der Waals surface area contributed by atoms with Gasteiger partial charge in [-0.05, 0) is 26.7 Å². The van der Waals surface area contributed by atoms with E-state index in [0.29, 0.717) is 6.10 Å². The van der Waals surface area contributed by atoms with Crippen LogP contribution in [-0.2, 0) is 4.74 Å². The molecule has 84 valence electrons. The Bertz CT molecular complexity index is 148. The van der Waals surface area contributed by atoms with Crippen LogP contribution in [0.2, 0.25) is 0 Å². The van der Waals surface area contributed by atoms with Gasteiger partial charge in [-0.2, -0.15) is 0 Å². The zero-order chi connectivity index (χ0) is 10.4. The second kappa shape index (κ2) is 6.81. The zero-order valence-electron chi connectivity index (χ0n) is 9.34. The highest BCUT2D eigenvalue weighted by Gasteiger charge is 2.23. The molecule has 2 nitrogen and oxygen atoms in total. The summed E-state index contributed by atoms with van der Waals surface area (Å²) in [5.41, 5.74) is 0. The van der Waals surface area contributed by atoms with Gasteiger partial charge in [0.25, 0.3) is 0 Å². The molecule has 14 heavy (non-hydrogen) atoms. The number of alkyl halides is 1. The van der Waals surface area contributed by atoms with Crippen molar-refractivity contribution < 1.29 is 4.74 Å². The van der Waals surface area contributed by atoms with E-state index in [0.717, 1.165) is 31.1 Å². The van der Waals surface area contributed by atoms with E-state index >= 15 is 0 Å². The lowest BCUT2D eigenvalue weighted by molar-refractivity contribution is 0.0385. The summed E-state index contributed by atoms with van der Waals surface area (Å²) in [6.07, 6.45) is 4.54. The molecule has 0 amide bonds. The van der Waals surface area contributed by atoms with Crippen LogP contribution in [0, 0.1) is 0 Å². The summed E-state index contributed by atoms with van der Waals surface area (Å²) in [4.78, 5) is 2.56. The molecule has 0 aromatic rings. The first kappa shape index (κ1) is 12.5. The highest BCUT2D eigenvalue weighted by atomic mass is 79.9. The van der Waals surface area contributed by atoms with Gasteiger partial charge in [0, 0.05) is 24.5 Å². The quantitative estimate of drug-likeness (QED) is 0.655. The van der Waals surface area contributed by atoms with E-state index in [9.17, 15) is 0 Å². The number of hydrogen-bond donors (Lipinski definition) is 0. The standard InChI is InChI=1S/C11H22BrNO/c1-10(2)14-9-8-13(7-6-12)11-4-3-5-11/h10-11H,3-9H2,1-2H3. The molecule has 0 saturated heterocycles. The van der Waals surface area contributed by atoms with Crippen molar-refractivity contribution in [2.45, 2.75) is 45.3 Å². The number of rotatable bonds is 7. The first-order valence-corrected chi connectivity index (χ1v) is 6.77. The smallest absolute Gasteiger partial charge is 0.0597 e. The fraction of sp³-hybridized carbons (Fsp3) is 1.00. The van der Waals surface area contributed by atoms with Crippen LogP contribution < -0.4 is 0 Å². The molecule has 0 aromatic heterocycles. The topological polar surface area (TPSA) is 12.5 Å². The Hall–Kier alpha value is 0.400. The summed E-state index contributed by atoms with van der Waals surface area (Å²) in [5.74, 6) is 0. The van der Waals surface area contributed by atoms with E-state index in [1.54, 1.807) is 0 Å². The van der Waals surface area contributed by atoms with Gasteiger partial charge in [-0.25, -0.2) is 0 Å². The molecule has 0 N–H and O–H groups in total. The van der Waals surface area contributed by atoms with Crippen LogP contribution in [0.25, 0.3) is 0 Å². The van der Waals surface area contributed by atoms with E-state index in [-0.39, 0.29) is 0 Å². The normalized spacial score (nSPS) is 17.8. The van der Waals surface area contributed by atoms with Crippen LogP contribution >= 0.6 is 15.9 Å². The summed E-state index contributed by atoms with van der Waals surface area (Å²) in [5, 5.41) is 1.07. The molecule has 0 aliphatic heterocycles. The van der Waals surface area contributed by atoms with Crippen molar-refractivity contribution in [1.29, 1.82) is 0 Å². The highest BCUT2D eigenvalue weighted by molar-refractivity contribution is 9.09. The first-order valence-electron chi connectivity index (χ1n) is 5.65. The molecule has 0 unspecified atom stereocenters. The minimum absolute atomic E-state index is 0.363. The molecule has 0 aromatic carbocycles. The summed E-state index contributed by atoms with van der Waals surface area (Å²) >= 11 is 3.51. The van der Waals surface area contributed by atoms with Crippen molar-refractivity contribution in [3.05, 3.63) is 0 Å². The minimum Gasteiger partial charge on any atom is -0.377 e. The third-order valence-electron chi connectivity index (χ3n) is 2.79. The molecule has 0 atom stereocenters. The monoisotopic (exact) mass is 263 g/mol. The maximum Gasteiger partial charge on any atom is 0.0597 e. The Kier molecular flexibility index (Phi) is 6.06. The third-order valence-corrected chi connectivity index (χ3v) is 3.15. The van der Waals surface area contributed by atoms with Crippen LogP contribution in [0.1, 0.15) is 33.1 Å². The van der Waals surface area contributed by atoms with Crippen molar-refractivity contribution in [3.8, 4) is 0 Å². The molecule has 0 heterocycles. The Balaban J connectivity index is 2.14. The Labute approximate surface area is 96.1 Å². The van der Waals surface area contributed by atoms with Crippen molar-refractivity contribution in [2.75, 3.05) is 25.0 Å².